The summed E-state index contributed by atoms with van der Waals surface area (Å²) in [7, 11) is -1.75. The zero-order chi connectivity index (χ0) is 20.3. The first-order chi connectivity index (χ1) is 13.3. The summed E-state index contributed by atoms with van der Waals surface area (Å²) in [5, 5.41) is 0.500. The van der Waals surface area contributed by atoms with Crippen LogP contribution in [0, 0.1) is 12.8 Å². The summed E-state index contributed by atoms with van der Waals surface area (Å²) < 4.78 is 27.0. The predicted octanol–water partition coefficient (Wildman–Crippen LogP) is 3.71. The van der Waals surface area contributed by atoms with Crippen molar-refractivity contribution in [3.63, 3.8) is 0 Å². The Bertz CT molecular complexity index is 919. The van der Waals surface area contributed by atoms with Crippen molar-refractivity contribution in [2.24, 2.45) is 5.92 Å². The molecule has 28 heavy (non-hydrogen) atoms. The summed E-state index contributed by atoms with van der Waals surface area (Å²) >= 11 is 5.85. The quantitative estimate of drug-likeness (QED) is 0.740. The van der Waals surface area contributed by atoms with Crippen molar-refractivity contribution in [2.75, 3.05) is 20.1 Å². The highest BCUT2D eigenvalue weighted by atomic mass is 35.5. The van der Waals surface area contributed by atoms with Crippen molar-refractivity contribution in [1.82, 2.24) is 9.21 Å². The summed E-state index contributed by atoms with van der Waals surface area (Å²) in [6, 6.07) is 14.3. The Balaban J connectivity index is 1.58. The lowest BCUT2D eigenvalue weighted by Crippen LogP contribution is -2.43. The topological polar surface area (TPSA) is 57.7 Å². The van der Waals surface area contributed by atoms with E-state index in [1.54, 1.807) is 24.1 Å². The van der Waals surface area contributed by atoms with Gasteiger partial charge in [0.15, 0.2) is 0 Å². The number of rotatable bonds is 5. The Kier molecular flexibility index (Phi) is 6.43. The molecule has 0 aromatic heterocycles. The van der Waals surface area contributed by atoms with Gasteiger partial charge >= 0.3 is 0 Å². The summed E-state index contributed by atoms with van der Waals surface area (Å²) in [4.78, 5) is 14.7. The normalized spacial score (nSPS) is 16.1. The maximum Gasteiger partial charge on any atom is 0.243 e. The fourth-order valence-electron chi connectivity index (χ4n) is 3.46. The number of halogens is 1. The number of hydrogen-bond donors (Lipinski definition) is 0. The summed E-state index contributed by atoms with van der Waals surface area (Å²) in [6.07, 6.45) is 1.06. The fourth-order valence-corrected chi connectivity index (χ4v) is 5.05. The van der Waals surface area contributed by atoms with E-state index in [4.69, 9.17) is 11.6 Å². The molecule has 0 unspecified atom stereocenters. The summed E-state index contributed by atoms with van der Waals surface area (Å²) in [5.74, 6) is -0.0729. The first kappa shape index (κ1) is 20.8. The monoisotopic (exact) mass is 420 g/mol. The Labute approximate surface area is 172 Å². The van der Waals surface area contributed by atoms with Gasteiger partial charge in [-0.2, -0.15) is 4.31 Å². The highest BCUT2D eigenvalue weighted by Gasteiger charge is 2.33. The second-order valence-electron chi connectivity index (χ2n) is 7.31. The Hall–Kier alpha value is -1.89. The van der Waals surface area contributed by atoms with Crippen LogP contribution in [-0.2, 0) is 21.4 Å². The molecule has 1 saturated heterocycles. The number of nitrogens with zero attached hydrogens (tertiary/aromatic N) is 2. The van der Waals surface area contributed by atoms with E-state index in [0.717, 1.165) is 5.56 Å². The lowest BCUT2D eigenvalue weighted by atomic mass is 9.96. The molecule has 0 N–H and O–H groups in total. The van der Waals surface area contributed by atoms with Gasteiger partial charge in [-0.15, -0.1) is 0 Å². The van der Waals surface area contributed by atoms with Gasteiger partial charge in [0.25, 0.3) is 0 Å². The van der Waals surface area contributed by atoms with Crippen LogP contribution in [0.2, 0.25) is 5.02 Å². The summed E-state index contributed by atoms with van der Waals surface area (Å²) in [5.41, 5.74) is 2.27. The lowest BCUT2D eigenvalue weighted by molar-refractivity contribution is -0.135. The first-order valence-corrected chi connectivity index (χ1v) is 11.2. The van der Waals surface area contributed by atoms with Gasteiger partial charge in [-0.1, -0.05) is 41.4 Å². The molecule has 5 nitrogen and oxygen atoms in total. The van der Waals surface area contributed by atoms with Crippen LogP contribution < -0.4 is 0 Å². The zero-order valence-corrected chi connectivity index (χ0v) is 17.7. The van der Waals surface area contributed by atoms with Crippen LogP contribution in [0.1, 0.15) is 24.0 Å². The van der Waals surface area contributed by atoms with Crippen molar-refractivity contribution in [3.8, 4) is 0 Å². The van der Waals surface area contributed by atoms with Crippen LogP contribution in [0.15, 0.2) is 53.4 Å². The maximum atomic E-state index is 12.8. The van der Waals surface area contributed by atoms with Crippen LogP contribution in [0.4, 0.5) is 0 Å². The molecule has 0 bridgehead atoms. The number of sulfonamides is 1. The van der Waals surface area contributed by atoms with Crippen molar-refractivity contribution < 1.29 is 13.2 Å². The Morgan fingerprint density at radius 2 is 1.64 bits per heavy atom. The molecule has 2 aromatic carbocycles. The number of hydrogen-bond acceptors (Lipinski definition) is 3. The second-order valence-corrected chi connectivity index (χ2v) is 9.69. The Morgan fingerprint density at radius 1 is 1.07 bits per heavy atom. The average Bonchev–Trinajstić information content (AvgIpc) is 2.69. The number of carbonyl (C=O) groups excluding carboxylic acids is 1. The van der Waals surface area contributed by atoms with E-state index in [2.05, 4.69) is 0 Å². The van der Waals surface area contributed by atoms with Gasteiger partial charge in [0, 0.05) is 37.6 Å². The minimum atomic E-state index is -3.55. The van der Waals surface area contributed by atoms with Crippen molar-refractivity contribution in [3.05, 3.63) is 64.7 Å². The number of aryl methyl sites for hydroxylation is 1. The molecule has 1 fully saturated rings. The molecule has 0 saturated carbocycles. The van der Waals surface area contributed by atoms with E-state index in [1.807, 2.05) is 31.2 Å². The van der Waals surface area contributed by atoms with Gasteiger partial charge in [-0.3, -0.25) is 4.79 Å². The van der Waals surface area contributed by atoms with Gasteiger partial charge in [0.05, 0.1) is 4.90 Å². The molecular formula is C21H25ClN2O3S. The molecule has 0 aliphatic carbocycles. The van der Waals surface area contributed by atoms with Gasteiger partial charge < -0.3 is 4.90 Å². The smallest absolute Gasteiger partial charge is 0.243 e. The summed E-state index contributed by atoms with van der Waals surface area (Å²) in [6.45, 7) is 3.28. The average molecular weight is 421 g/mol. The maximum absolute atomic E-state index is 12.8. The number of amides is 1. The molecule has 7 heteroatoms. The molecule has 1 aliphatic rings. The molecular weight excluding hydrogens is 396 g/mol. The third-order valence-electron chi connectivity index (χ3n) is 5.17. The largest absolute Gasteiger partial charge is 0.341 e. The van der Waals surface area contributed by atoms with Crippen molar-refractivity contribution >= 4 is 27.5 Å². The first-order valence-electron chi connectivity index (χ1n) is 9.33. The molecule has 3 rings (SSSR count). The molecule has 1 heterocycles. The van der Waals surface area contributed by atoms with Gasteiger partial charge in [0.2, 0.25) is 15.9 Å². The third kappa shape index (κ3) is 4.74. The van der Waals surface area contributed by atoms with Crippen LogP contribution in [-0.4, -0.2) is 43.7 Å². The van der Waals surface area contributed by atoms with Gasteiger partial charge in [-0.05, 0) is 49.6 Å². The number of piperidine rings is 1. The van der Waals surface area contributed by atoms with Gasteiger partial charge in [0.1, 0.15) is 0 Å². The minimum absolute atomic E-state index is 0.0733. The van der Waals surface area contributed by atoms with E-state index in [1.165, 1.54) is 22.0 Å². The SMILES string of the molecule is Cc1ccc(CN(C)C(=O)C2CCN(S(=O)(=O)c3ccc(Cl)cc3)CC2)cc1. The van der Waals surface area contributed by atoms with E-state index < -0.39 is 10.0 Å². The highest BCUT2D eigenvalue weighted by molar-refractivity contribution is 7.89. The molecule has 1 aliphatic heterocycles. The zero-order valence-electron chi connectivity index (χ0n) is 16.1. The molecule has 150 valence electrons. The van der Waals surface area contributed by atoms with Crippen LogP contribution in [0.25, 0.3) is 0 Å². The Morgan fingerprint density at radius 3 is 2.21 bits per heavy atom. The number of benzene rings is 2. The van der Waals surface area contributed by atoms with E-state index in [-0.39, 0.29) is 16.7 Å². The van der Waals surface area contributed by atoms with Crippen LogP contribution in [0.5, 0.6) is 0 Å². The predicted molar refractivity (Wildman–Crippen MR) is 111 cm³/mol. The third-order valence-corrected chi connectivity index (χ3v) is 7.34. The lowest BCUT2D eigenvalue weighted by Gasteiger charge is -2.32. The molecule has 0 spiro atoms. The van der Waals surface area contributed by atoms with Crippen LogP contribution >= 0.6 is 11.6 Å². The molecule has 0 radical (unpaired) electrons. The number of carbonyl (C=O) groups is 1. The van der Waals surface area contributed by atoms with Gasteiger partial charge in [-0.25, -0.2) is 8.42 Å². The minimum Gasteiger partial charge on any atom is -0.341 e. The van der Waals surface area contributed by atoms with Crippen molar-refractivity contribution in [2.45, 2.75) is 31.2 Å². The molecule has 1 amide bonds. The standard InChI is InChI=1S/C21H25ClN2O3S/c1-16-3-5-17(6-4-16)15-23(2)21(25)18-11-13-24(14-12-18)28(26,27)20-9-7-19(22)8-10-20/h3-10,18H,11-15H2,1-2H3. The molecule has 2 aromatic rings. The van der Waals surface area contributed by atoms with E-state index in [9.17, 15) is 13.2 Å². The molecule has 0 atom stereocenters. The van der Waals surface area contributed by atoms with Crippen molar-refractivity contribution in [1.29, 1.82) is 0 Å². The van der Waals surface area contributed by atoms with E-state index >= 15 is 0 Å². The highest BCUT2D eigenvalue weighted by Crippen LogP contribution is 2.26. The van der Waals surface area contributed by atoms with Crippen LogP contribution in [0.3, 0.4) is 0 Å². The fraction of sp³-hybridized carbons (Fsp3) is 0.381. The van der Waals surface area contributed by atoms with E-state index in [0.29, 0.717) is 37.5 Å². The second kappa shape index (κ2) is 8.64.